The summed E-state index contributed by atoms with van der Waals surface area (Å²) in [6, 6.07) is 13.6. The highest BCUT2D eigenvalue weighted by atomic mass is 16.6. The quantitative estimate of drug-likeness (QED) is 0.360. The first-order chi connectivity index (χ1) is 14.2. The number of pyridine rings is 1. The molecule has 0 saturated carbocycles. The van der Waals surface area contributed by atoms with Crippen LogP contribution in [0.4, 0.5) is 0 Å². The maximum atomic E-state index is 9.07. The van der Waals surface area contributed by atoms with Crippen LogP contribution in [0.5, 0.6) is 0 Å². The van der Waals surface area contributed by atoms with Gasteiger partial charge in [0.05, 0.1) is 18.7 Å². The highest BCUT2D eigenvalue weighted by Gasteiger charge is 2.12. The molecule has 3 aromatic heterocycles. The van der Waals surface area contributed by atoms with Gasteiger partial charge in [-0.05, 0) is 42.8 Å². The second-order valence-electron chi connectivity index (χ2n) is 6.58. The number of aromatic nitrogens is 5. The standard InChI is InChI=1S/C20H20N6O3/c1-13(25-29-16(11-27)12-28)17-6-7-19-22-23-20(26(19)24-17)10-14-4-5-18-15(9-14)3-2-8-21-18/h2-9,16,27-28H,10-12H2,1H3. The van der Waals surface area contributed by atoms with E-state index >= 15 is 0 Å². The lowest BCUT2D eigenvalue weighted by molar-refractivity contribution is -0.0170. The molecule has 0 unspecified atom stereocenters. The van der Waals surface area contributed by atoms with E-state index in [0.717, 1.165) is 16.5 Å². The molecule has 1 aromatic carbocycles. The molecule has 9 nitrogen and oxygen atoms in total. The molecule has 0 aliphatic rings. The molecule has 0 amide bonds. The van der Waals surface area contributed by atoms with E-state index in [4.69, 9.17) is 15.1 Å². The highest BCUT2D eigenvalue weighted by Crippen LogP contribution is 2.16. The second-order valence-corrected chi connectivity index (χ2v) is 6.58. The van der Waals surface area contributed by atoms with Crippen LogP contribution in [0.3, 0.4) is 0 Å². The zero-order valence-corrected chi connectivity index (χ0v) is 15.8. The van der Waals surface area contributed by atoms with Gasteiger partial charge >= 0.3 is 0 Å². The summed E-state index contributed by atoms with van der Waals surface area (Å²) in [5, 5.41) is 36.2. The van der Waals surface area contributed by atoms with Crippen molar-refractivity contribution in [2.45, 2.75) is 19.4 Å². The SMILES string of the molecule is CC(=NOC(CO)CO)c1ccc2nnc(Cc3ccc4ncccc4c3)n2n1. The molecular formula is C20H20N6O3. The molecule has 148 valence electrons. The van der Waals surface area contributed by atoms with E-state index in [9.17, 15) is 0 Å². The summed E-state index contributed by atoms with van der Waals surface area (Å²) in [7, 11) is 0. The van der Waals surface area contributed by atoms with Crippen molar-refractivity contribution < 1.29 is 15.1 Å². The molecule has 0 atom stereocenters. The van der Waals surface area contributed by atoms with Gasteiger partial charge in [-0.1, -0.05) is 17.3 Å². The number of oxime groups is 1. The molecule has 0 spiro atoms. The van der Waals surface area contributed by atoms with E-state index in [-0.39, 0.29) is 13.2 Å². The van der Waals surface area contributed by atoms with Crippen molar-refractivity contribution in [1.82, 2.24) is 24.8 Å². The Labute approximate surface area is 166 Å². The van der Waals surface area contributed by atoms with Crippen LogP contribution in [0.25, 0.3) is 16.6 Å². The van der Waals surface area contributed by atoms with Crippen LogP contribution in [-0.2, 0) is 11.3 Å². The number of hydrogen-bond acceptors (Lipinski definition) is 8. The molecule has 29 heavy (non-hydrogen) atoms. The molecule has 4 rings (SSSR count). The Kier molecular flexibility index (Phi) is 5.41. The Balaban J connectivity index is 1.61. The van der Waals surface area contributed by atoms with E-state index in [2.05, 4.69) is 31.5 Å². The smallest absolute Gasteiger partial charge is 0.177 e. The fourth-order valence-electron chi connectivity index (χ4n) is 2.88. The van der Waals surface area contributed by atoms with Crippen molar-refractivity contribution in [3.8, 4) is 0 Å². The van der Waals surface area contributed by atoms with Gasteiger partial charge in [0.25, 0.3) is 0 Å². The molecule has 2 N–H and O–H groups in total. The first-order valence-electron chi connectivity index (χ1n) is 9.15. The van der Waals surface area contributed by atoms with Crippen LogP contribution < -0.4 is 0 Å². The van der Waals surface area contributed by atoms with Crippen LogP contribution in [0.15, 0.2) is 53.8 Å². The Bertz CT molecular complexity index is 1170. The van der Waals surface area contributed by atoms with Crippen molar-refractivity contribution in [3.05, 3.63) is 65.7 Å². The summed E-state index contributed by atoms with van der Waals surface area (Å²) in [4.78, 5) is 9.46. The second kappa shape index (κ2) is 8.29. The number of fused-ring (bicyclic) bond motifs is 2. The van der Waals surface area contributed by atoms with E-state index in [1.54, 1.807) is 29.8 Å². The minimum absolute atomic E-state index is 0.323. The lowest BCUT2D eigenvalue weighted by Crippen LogP contribution is -2.20. The Morgan fingerprint density at radius 2 is 2.00 bits per heavy atom. The molecule has 4 aromatic rings. The number of nitrogens with zero attached hydrogens (tertiary/aromatic N) is 6. The van der Waals surface area contributed by atoms with Crippen LogP contribution in [-0.4, -0.2) is 60.0 Å². The summed E-state index contributed by atoms with van der Waals surface area (Å²) >= 11 is 0. The average Bonchev–Trinajstić information content (AvgIpc) is 3.16. The van der Waals surface area contributed by atoms with Gasteiger partial charge in [0.15, 0.2) is 17.6 Å². The highest BCUT2D eigenvalue weighted by molar-refractivity contribution is 5.96. The third-order valence-corrected chi connectivity index (χ3v) is 4.47. The summed E-state index contributed by atoms with van der Waals surface area (Å²) in [6.45, 7) is 1.09. The fraction of sp³-hybridized carbons (Fsp3) is 0.250. The Morgan fingerprint density at radius 3 is 2.83 bits per heavy atom. The van der Waals surface area contributed by atoms with Gasteiger partial charge in [0, 0.05) is 18.0 Å². The van der Waals surface area contributed by atoms with Crippen LogP contribution >= 0.6 is 0 Å². The Hall–Kier alpha value is -3.43. The zero-order chi connectivity index (χ0) is 20.2. The van der Waals surface area contributed by atoms with Crippen molar-refractivity contribution in [2.75, 3.05) is 13.2 Å². The molecule has 3 heterocycles. The predicted octanol–water partition coefficient (Wildman–Crippen LogP) is 1.36. The van der Waals surface area contributed by atoms with E-state index in [0.29, 0.717) is 29.3 Å². The first kappa shape index (κ1) is 18.9. The lowest BCUT2D eigenvalue weighted by atomic mass is 10.1. The summed E-state index contributed by atoms with van der Waals surface area (Å²) in [6.07, 6.45) is 1.57. The van der Waals surface area contributed by atoms with Gasteiger partial charge in [-0.15, -0.1) is 10.2 Å². The maximum Gasteiger partial charge on any atom is 0.177 e. The molecule has 0 fully saturated rings. The largest absolute Gasteiger partial charge is 0.392 e. The third kappa shape index (κ3) is 4.05. The van der Waals surface area contributed by atoms with E-state index < -0.39 is 6.10 Å². The van der Waals surface area contributed by atoms with Crippen LogP contribution in [0.1, 0.15) is 24.0 Å². The van der Waals surface area contributed by atoms with Crippen molar-refractivity contribution >= 4 is 22.3 Å². The van der Waals surface area contributed by atoms with Crippen LogP contribution in [0.2, 0.25) is 0 Å². The van der Waals surface area contributed by atoms with E-state index in [1.165, 1.54) is 0 Å². The van der Waals surface area contributed by atoms with E-state index in [1.807, 2.05) is 24.3 Å². The topological polar surface area (TPSA) is 118 Å². The fourth-order valence-corrected chi connectivity index (χ4v) is 2.88. The minimum Gasteiger partial charge on any atom is -0.392 e. The van der Waals surface area contributed by atoms with Crippen molar-refractivity contribution in [1.29, 1.82) is 0 Å². The van der Waals surface area contributed by atoms with Gasteiger partial charge in [-0.3, -0.25) is 4.98 Å². The number of benzene rings is 1. The number of hydrogen-bond donors (Lipinski definition) is 2. The summed E-state index contributed by atoms with van der Waals surface area (Å²) < 4.78 is 1.68. The summed E-state index contributed by atoms with van der Waals surface area (Å²) in [5.41, 5.74) is 3.74. The Morgan fingerprint density at radius 1 is 1.14 bits per heavy atom. The summed E-state index contributed by atoms with van der Waals surface area (Å²) in [5.74, 6) is 0.697. The van der Waals surface area contributed by atoms with Gasteiger partial charge in [0.2, 0.25) is 0 Å². The zero-order valence-electron chi connectivity index (χ0n) is 15.8. The molecule has 9 heteroatoms. The maximum absolute atomic E-state index is 9.07. The predicted molar refractivity (Wildman–Crippen MR) is 107 cm³/mol. The molecule has 0 aliphatic carbocycles. The monoisotopic (exact) mass is 392 g/mol. The normalized spacial score (nSPS) is 12.2. The number of aliphatic hydroxyl groups excluding tert-OH is 2. The van der Waals surface area contributed by atoms with Crippen molar-refractivity contribution in [2.24, 2.45) is 5.16 Å². The number of rotatable bonds is 7. The van der Waals surface area contributed by atoms with Gasteiger partial charge < -0.3 is 15.1 Å². The number of aliphatic hydroxyl groups is 2. The van der Waals surface area contributed by atoms with Crippen molar-refractivity contribution in [3.63, 3.8) is 0 Å². The van der Waals surface area contributed by atoms with Gasteiger partial charge in [0.1, 0.15) is 11.4 Å². The molecule has 0 saturated heterocycles. The average molecular weight is 392 g/mol. The molecule has 0 aliphatic heterocycles. The van der Waals surface area contributed by atoms with Gasteiger partial charge in [-0.2, -0.15) is 9.61 Å². The minimum atomic E-state index is -0.762. The third-order valence-electron chi connectivity index (χ3n) is 4.47. The van der Waals surface area contributed by atoms with Gasteiger partial charge in [-0.25, -0.2) is 0 Å². The van der Waals surface area contributed by atoms with Crippen LogP contribution in [0, 0.1) is 0 Å². The molecule has 0 bridgehead atoms. The lowest BCUT2D eigenvalue weighted by Gasteiger charge is -2.09. The molecular weight excluding hydrogens is 372 g/mol. The first-order valence-corrected chi connectivity index (χ1v) is 9.15. The molecule has 0 radical (unpaired) electrons.